The van der Waals surface area contributed by atoms with Crippen molar-refractivity contribution in [3.05, 3.63) is 0 Å². The van der Waals surface area contributed by atoms with E-state index in [4.69, 9.17) is 4.74 Å². The molecule has 3 heteroatoms. The summed E-state index contributed by atoms with van der Waals surface area (Å²) in [5.74, 6) is 0.00292. The van der Waals surface area contributed by atoms with Gasteiger partial charge in [-0.1, -0.05) is 6.92 Å². The average molecular weight is 159 g/mol. The highest BCUT2D eigenvalue weighted by Gasteiger charge is 2.04. The fourth-order valence-electron chi connectivity index (χ4n) is 0.814. The zero-order chi connectivity index (χ0) is 8.69. The maximum atomic E-state index is 10.5. The van der Waals surface area contributed by atoms with Crippen LogP contribution in [0.15, 0.2) is 0 Å². The molecular weight excluding hydrogens is 142 g/mol. The Bertz CT molecular complexity index is 115. The molecule has 0 aliphatic carbocycles. The van der Waals surface area contributed by atoms with E-state index in [0.29, 0.717) is 13.2 Å². The van der Waals surface area contributed by atoms with Crippen molar-refractivity contribution in [3.63, 3.8) is 0 Å². The Hall–Kier alpha value is -0.570. The molecule has 0 heterocycles. The lowest BCUT2D eigenvalue weighted by atomic mass is 10.3. The third-order valence-corrected chi connectivity index (χ3v) is 1.44. The van der Waals surface area contributed by atoms with E-state index in [1.54, 1.807) is 0 Å². The number of carbonyl (C=O) groups is 1. The monoisotopic (exact) mass is 159 g/mol. The molecule has 1 N–H and O–H groups in total. The first kappa shape index (κ1) is 10.4. The molecule has 1 atom stereocenters. The zero-order valence-corrected chi connectivity index (χ0v) is 7.52. The van der Waals surface area contributed by atoms with E-state index in [-0.39, 0.29) is 12.0 Å². The maximum absolute atomic E-state index is 10.5. The van der Waals surface area contributed by atoms with E-state index >= 15 is 0 Å². The Balaban J connectivity index is 3.43. The number of nitrogens with one attached hydrogen (secondary N) is 1. The highest BCUT2D eigenvalue weighted by molar-refractivity contribution is 5.72. The molecule has 0 radical (unpaired) electrons. The highest BCUT2D eigenvalue weighted by atomic mass is 16.5. The lowest BCUT2D eigenvalue weighted by Gasteiger charge is -2.14. The van der Waals surface area contributed by atoms with E-state index < -0.39 is 0 Å². The number of hydrogen-bond acceptors (Lipinski definition) is 2. The van der Waals surface area contributed by atoms with Gasteiger partial charge in [0.05, 0.1) is 6.10 Å². The van der Waals surface area contributed by atoms with Crippen molar-refractivity contribution in [2.24, 2.45) is 0 Å². The average Bonchev–Trinajstić information content (AvgIpc) is 1.97. The van der Waals surface area contributed by atoms with Gasteiger partial charge in [0.1, 0.15) is 0 Å². The number of rotatable bonds is 5. The summed E-state index contributed by atoms with van der Waals surface area (Å²) < 4.78 is 5.33. The summed E-state index contributed by atoms with van der Waals surface area (Å²) in [6, 6.07) is 0. The van der Waals surface area contributed by atoms with Crippen molar-refractivity contribution in [2.45, 2.75) is 33.3 Å². The predicted octanol–water partition coefficient (Wildman–Crippen LogP) is 0.938. The third-order valence-electron chi connectivity index (χ3n) is 1.44. The molecule has 0 aromatic heterocycles. The molecule has 0 saturated heterocycles. The fraction of sp³-hybridized carbons (Fsp3) is 0.875. The molecule has 0 spiro atoms. The molecule has 0 aromatic carbocycles. The van der Waals surface area contributed by atoms with Gasteiger partial charge >= 0.3 is 0 Å². The maximum Gasteiger partial charge on any atom is 0.216 e. The molecule has 0 unspecified atom stereocenters. The second-order valence-electron chi connectivity index (χ2n) is 2.42. The van der Waals surface area contributed by atoms with E-state index in [2.05, 4.69) is 5.32 Å². The van der Waals surface area contributed by atoms with Gasteiger partial charge in [-0.05, 0) is 13.3 Å². The van der Waals surface area contributed by atoms with Gasteiger partial charge in [-0.3, -0.25) is 4.79 Å². The molecule has 0 aliphatic heterocycles. The van der Waals surface area contributed by atoms with Gasteiger partial charge in [-0.25, -0.2) is 0 Å². The van der Waals surface area contributed by atoms with E-state index in [9.17, 15) is 4.79 Å². The molecule has 1 amide bonds. The minimum Gasteiger partial charge on any atom is -0.377 e. The van der Waals surface area contributed by atoms with Crippen LogP contribution in [0.3, 0.4) is 0 Å². The van der Waals surface area contributed by atoms with Gasteiger partial charge in [0, 0.05) is 20.1 Å². The third kappa shape index (κ3) is 5.85. The first-order valence-electron chi connectivity index (χ1n) is 4.06. The van der Waals surface area contributed by atoms with Crippen LogP contribution in [0.25, 0.3) is 0 Å². The zero-order valence-electron chi connectivity index (χ0n) is 7.52. The summed E-state index contributed by atoms with van der Waals surface area (Å²) in [6.45, 7) is 6.84. The molecule has 0 aromatic rings. The van der Waals surface area contributed by atoms with Gasteiger partial charge in [-0.15, -0.1) is 0 Å². The summed E-state index contributed by atoms with van der Waals surface area (Å²) in [6.07, 6.45) is 1.11. The molecule has 0 bridgehead atoms. The standard InChI is InChI=1S/C8H17NO2/c1-4-8(11-5-2)6-9-7(3)10/h8H,4-6H2,1-3H3,(H,9,10)/t8-/m1/s1. The Morgan fingerprint density at radius 1 is 1.55 bits per heavy atom. The summed E-state index contributed by atoms with van der Waals surface area (Å²) >= 11 is 0. The molecular formula is C8H17NO2. The second-order valence-corrected chi connectivity index (χ2v) is 2.42. The summed E-state index contributed by atoms with van der Waals surface area (Å²) in [4.78, 5) is 10.5. The number of carbonyl (C=O) groups excluding carboxylic acids is 1. The predicted molar refractivity (Wildman–Crippen MR) is 44.4 cm³/mol. The van der Waals surface area contributed by atoms with E-state index in [1.807, 2.05) is 13.8 Å². The van der Waals surface area contributed by atoms with Crippen LogP contribution in [0.5, 0.6) is 0 Å². The highest BCUT2D eigenvalue weighted by Crippen LogP contribution is 1.95. The van der Waals surface area contributed by atoms with Crippen molar-refractivity contribution >= 4 is 5.91 Å². The van der Waals surface area contributed by atoms with Crippen molar-refractivity contribution in [3.8, 4) is 0 Å². The van der Waals surface area contributed by atoms with Gasteiger partial charge in [-0.2, -0.15) is 0 Å². The first-order valence-corrected chi connectivity index (χ1v) is 4.06. The summed E-state index contributed by atoms with van der Waals surface area (Å²) in [5.41, 5.74) is 0. The molecule has 0 rings (SSSR count). The summed E-state index contributed by atoms with van der Waals surface area (Å²) in [7, 11) is 0. The van der Waals surface area contributed by atoms with Crippen LogP contribution in [0.2, 0.25) is 0 Å². The van der Waals surface area contributed by atoms with Crippen LogP contribution in [0, 0.1) is 0 Å². The molecule has 66 valence electrons. The minimum atomic E-state index is 0.00292. The lowest BCUT2D eigenvalue weighted by Crippen LogP contribution is -2.31. The molecule has 3 nitrogen and oxygen atoms in total. The number of amides is 1. The normalized spacial score (nSPS) is 12.6. The Labute approximate surface area is 68.1 Å². The van der Waals surface area contributed by atoms with Crippen LogP contribution >= 0.6 is 0 Å². The Kier molecular flexibility index (Phi) is 5.84. The van der Waals surface area contributed by atoms with Gasteiger partial charge in [0.2, 0.25) is 5.91 Å². The van der Waals surface area contributed by atoms with Crippen LogP contribution in [0.1, 0.15) is 27.2 Å². The molecule has 11 heavy (non-hydrogen) atoms. The van der Waals surface area contributed by atoms with Gasteiger partial charge in [0.15, 0.2) is 0 Å². The molecule has 0 aliphatic rings. The topological polar surface area (TPSA) is 38.3 Å². The molecule has 0 fully saturated rings. The van der Waals surface area contributed by atoms with Crippen LogP contribution in [0.4, 0.5) is 0 Å². The second kappa shape index (κ2) is 6.16. The van der Waals surface area contributed by atoms with Crippen molar-refractivity contribution in [2.75, 3.05) is 13.2 Å². The largest absolute Gasteiger partial charge is 0.377 e. The molecule has 0 saturated carbocycles. The van der Waals surface area contributed by atoms with Crippen LogP contribution < -0.4 is 5.32 Å². The smallest absolute Gasteiger partial charge is 0.216 e. The Morgan fingerprint density at radius 3 is 2.55 bits per heavy atom. The van der Waals surface area contributed by atoms with Crippen molar-refractivity contribution in [1.82, 2.24) is 5.32 Å². The quantitative estimate of drug-likeness (QED) is 0.648. The minimum absolute atomic E-state index is 0.00292. The van der Waals surface area contributed by atoms with Gasteiger partial charge in [0.25, 0.3) is 0 Å². The number of hydrogen-bond donors (Lipinski definition) is 1. The first-order chi connectivity index (χ1) is 5.20. The van der Waals surface area contributed by atoms with Crippen molar-refractivity contribution in [1.29, 1.82) is 0 Å². The Morgan fingerprint density at radius 2 is 2.18 bits per heavy atom. The van der Waals surface area contributed by atoms with Crippen LogP contribution in [-0.4, -0.2) is 25.2 Å². The van der Waals surface area contributed by atoms with Crippen molar-refractivity contribution < 1.29 is 9.53 Å². The fourth-order valence-corrected chi connectivity index (χ4v) is 0.814. The lowest BCUT2D eigenvalue weighted by molar-refractivity contribution is -0.119. The summed E-state index contributed by atoms with van der Waals surface area (Å²) in [5, 5.41) is 2.72. The van der Waals surface area contributed by atoms with Crippen LogP contribution in [-0.2, 0) is 9.53 Å². The van der Waals surface area contributed by atoms with E-state index in [0.717, 1.165) is 6.42 Å². The number of ether oxygens (including phenoxy) is 1. The van der Waals surface area contributed by atoms with Gasteiger partial charge < -0.3 is 10.1 Å². The van der Waals surface area contributed by atoms with E-state index in [1.165, 1.54) is 6.92 Å². The SMILES string of the molecule is CCO[C@H](CC)CNC(C)=O.